The van der Waals surface area contributed by atoms with Crippen molar-refractivity contribution in [3.8, 4) is 0 Å². The van der Waals surface area contributed by atoms with Crippen molar-refractivity contribution in [2.24, 2.45) is 5.14 Å². The summed E-state index contributed by atoms with van der Waals surface area (Å²) in [5.41, 5.74) is -0.976. The highest BCUT2D eigenvalue weighted by Gasteiger charge is 2.39. The third-order valence-corrected chi connectivity index (χ3v) is 7.12. The zero-order valence-corrected chi connectivity index (χ0v) is 14.7. The van der Waals surface area contributed by atoms with E-state index in [0.29, 0.717) is 0 Å². The zero-order chi connectivity index (χ0) is 24.4. The van der Waals surface area contributed by atoms with E-state index >= 15 is 0 Å². The molecule has 0 unspecified atom stereocenters. The van der Waals surface area contributed by atoms with Crippen LogP contribution in [0.3, 0.4) is 0 Å². The minimum atomic E-state index is -5.14. The van der Waals surface area contributed by atoms with Crippen molar-refractivity contribution in [2.45, 2.75) is 27.8 Å². The average molecular weight is 392 g/mol. The van der Waals surface area contributed by atoms with Gasteiger partial charge in [-0.3, -0.25) is 0 Å². The van der Waals surface area contributed by atoms with E-state index in [2.05, 4.69) is 0 Å². The number of fused-ring (bicyclic) bond motifs is 1. The standard InChI is InChI=1S/C12H21N3O5S3/c1-3-14-10-8-15(5-4-6-20-2)23(18,19)12-9(10)7-11(21-12)22(13,16)17/h7,10,14H,3-6,8H2,1-2H3,(H2,13,16,17)/t10-/m0/s1/i3D2,5D2,7D,8D2,10D. The van der Waals surface area contributed by atoms with Gasteiger partial charge in [0.15, 0.2) is 0 Å². The Hall–Kier alpha value is -0.560. The molecular weight excluding hydrogens is 362 g/mol. The molecule has 0 spiro atoms. The smallest absolute Gasteiger partial charge is 0.252 e. The maximum Gasteiger partial charge on any atom is 0.252 e. The molecule has 0 amide bonds. The number of likely N-dealkylation sites (N-methyl/N-ethyl adjacent to an activating group) is 1. The minimum absolute atomic E-state index is 0.0286. The number of hydrogen-bond acceptors (Lipinski definition) is 7. The van der Waals surface area contributed by atoms with Crippen LogP contribution in [0.2, 0.25) is 0 Å². The summed E-state index contributed by atoms with van der Waals surface area (Å²) in [6.07, 6.45) is -0.659. The van der Waals surface area contributed by atoms with Crippen LogP contribution in [0.4, 0.5) is 0 Å². The van der Waals surface area contributed by atoms with E-state index in [1.807, 2.05) is 5.32 Å². The molecule has 0 bridgehead atoms. The van der Waals surface area contributed by atoms with Gasteiger partial charge >= 0.3 is 0 Å². The van der Waals surface area contributed by atoms with Gasteiger partial charge in [0.1, 0.15) is 8.42 Å². The van der Waals surface area contributed by atoms with Crippen molar-refractivity contribution >= 4 is 31.4 Å². The molecule has 3 N–H and O–H groups in total. The van der Waals surface area contributed by atoms with Crippen LogP contribution >= 0.6 is 11.3 Å². The lowest BCUT2D eigenvalue weighted by Crippen LogP contribution is -2.43. The summed E-state index contributed by atoms with van der Waals surface area (Å²) in [7, 11) is -8.60. The molecule has 1 aromatic heterocycles. The summed E-state index contributed by atoms with van der Waals surface area (Å²) in [6, 6.07) is -4.21. The Morgan fingerprint density at radius 3 is 3.00 bits per heavy atom. The first-order chi connectivity index (χ1) is 13.6. The molecule has 1 aromatic rings. The zero-order valence-electron chi connectivity index (χ0n) is 20.2. The van der Waals surface area contributed by atoms with E-state index in [0.717, 1.165) is 6.92 Å². The van der Waals surface area contributed by atoms with Gasteiger partial charge in [-0.2, -0.15) is 4.31 Å². The number of nitrogens with zero attached hydrogens (tertiary/aromatic N) is 1. The van der Waals surface area contributed by atoms with E-state index in [1.54, 1.807) is 0 Å². The summed E-state index contributed by atoms with van der Waals surface area (Å²) in [5.74, 6) is 0. The van der Waals surface area contributed by atoms with Crippen molar-refractivity contribution in [3.63, 3.8) is 0 Å². The molecule has 1 aliphatic heterocycles. The second-order valence-corrected chi connectivity index (χ2v) is 9.01. The number of nitrogens with two attached hydrogens (primary N) is 1. The highest BCUT2D eigenvalue weighted by Crippen LogP contribution is 2.39. The minimum Gasteiger partial charge on any atom is -0.385 e. The molecule has 0 radical (unpaired) electrons. The Morgan fingerprint density at radius 2 is 2.43 bits per heavy atom. The van der Waals surface area contributed by atoms with Gasteiger partial charge in [0.05, 0.1) is 2.74 Å². The van der Waals surface area contributed by atoms with Gasteiger partial charge in [0.25, 0.3) is 10.0 Å². The molecule has 0 saturated heterocycles. The van der Waals surface area contributed by atoms with Crippen LogP contribution < -0.4 is 10.5 Å². The number of thiophene rings is 1. The molecule has 1 atom stereocenters. The van der Waals surface area contributed by atoms with Gasteiger partial charge < -0.3 is 10.1 Å². The fraction of sp³-hybridized carbons (Fsp3) is 0.667. The maximum absolute atomic E-state index is 13.3. The van der Waals surface area contributed by atoms with Crippen molar-refractivity contribution in [1.29, 1.82) is 0 Å². The topological polar surface area (TPSA) is 119 Å². The predicted molar refractivity (Wildman–Crippen MR) is 87.4 cm³/mol. The van der Waals surface area contributed by atoms with Crippen molar-refractivity contribution in [3.05, 3.63) is 11.6 Å². The van der Waals surface area contributed by atoms with Crippen LogP contribution in [0.25, 0.3) is 0 Å². The number of rotatable bonds is 7. The number of hydrogen-bond donors (Lipinski definition) is 2. The molecule has 2 heterocycles. The first-order valence-corrected chi connectivity index (χ1v) is 9.95. The Balaban J connectivity index is 3.02. The first-order valence-electron chi connectivity index (χ1n) is 10.1. The molecule has 0 aromatic carbocycles. The summed E-state index contributed by atoms with van der Waals surface area (Å²) in [5, 5.41) is 7.00. The lowest BCUT2D eigenvalue weighted by atomic mass is 10.1. The number of sulfonamides is 2. The van der Waals surface area contributed by atoms with Crippen molar-refractivity contribution in [1.82, 2.24) is 9.62 Å². The van der Waals surface area contributed by atoms with Gasteiger partial charge in [0.2, 0.25) is 10.0 Å². The Kier molecular flexibility index (Phi) is 3.24. The normalized spacial score (nSPS) is 33.0. The lowest BCUT2D eigenvalue weighted by Gasteiger charge is -2.32. The van der Waals surface area contributed by atoms with Gasteiger partial charge in [-0.15, -0.1) is 11.3 Å². The lowest BCUT2D eigenvalue weighted by molar-refractivity contribution is 0.185. The van der Waals surface area contributed by atoms with Gasteiger partial charge in [-0.05, 0) is 19.0 Å². The van der Waals surface area contributed by atoms with Crippen LogP contribution in [0.1, 0.15) is 35.9 Å². The molecule has 0 fully saturated rings. The molecule has 2 rings (SSSR count). The first kappa shape index (κ1) is 10.4. The van der Waals surface area contributed by atoms with Crippen LogP contribution in [-0.2, 0) is 24.8 Å². The quantitative estimate of drug-likeness (QED) is 0.680. The highest BCUT2D eigenvalue weighted by molar-refractivity contribution is 7.94. The fourth-order valence-corrected chi connectivity index (χ4v) is 5.32. The fourth-order valence-electron chi connectivity index (χ4n) is 1.68. The second kappa shape index (κ2) is 7.13. The van der Waals surface area contributed by atoms with E-state index < -0.39 is 72.0 Å². The second-order valence-electron chi connectivity index (χ2n) is 4.25. The van der Waals surface area contributed by atoms with Crippen LogP contribution in [0.15, 0.2) is 14.5 Å². The molecule has 11 heteroatoms. The van der Waals surface area contributed by atoms with Crippen LogP contribution in [0.5, 0.6) is 0 Å². The third-order valence-electron chi connectivity index (χ3n) is 2.62. The number of nitrogens with one attached hydrogen (secondary N) is 1. The summed E-state index contributed by atoms with van der Waals surface area (Å²) < 4.78 is 118. The highest BCUT2D eigenvalue weighted by atomic mass is 32.3. The van der Waals surface area contributed by atoms with Crippen LogP contribution in [0, 0.1) is 0 Å². The Bertz CT molecular complexity index is 1090. The van der Waals surface area contributed by atoms with E-state index in [-0.39, 0.29) is 22.2 Å². The van der Waals surface area contributed by atoms with E-state index in [9.17, 15) is 16.8 Å². The molecular formula is C12H21N3O5S3. The SMILES string of the molecule is [2H]c1c(S(N)(=O)=O)sc2c1[C@@]([2H])(NC([2H])([2H])C)C([2H])([2H])N(C([2H])([2H])CCOC)S2(=O)=O. The molecule has 8 nitrogen and oxygen atoms in total. The van der Waals surface area contributed by atoms with Gasteiger partial charge in [0, 0.05) is 46.5 Å². The largest absolute Gasteiger partial charge is 0.385 e. The molecule has 132 valence electrons. The molecule has 23 heavy (non-hydrogen) atoms. The predicted octanol–water partition coefficient (Wildman–Crippen LogP) is 0.0869. The maximum atomic E-state index is 13.3. The van der Waals surface area contributed by atoms with Crippen molar-refractivity contribution < 1.29 is 32.5 Å². The van der Waals surface area contributed by atoms with E-state index in [1.165, 1.54) is 7.11 Å². The number of methoxy groups -OCH3 is 1. The van der Waals surface area contributed by atoms with E-state index in [4.69, 9.17) is 20.8 Å². The van der Waals surface area contributed by atoms with Crippen molar-refractivity contribution in [2.75, 3.05) is 33.2 Å². The summed E-state index contributed by atoms with van der Waals surface area (Å²) >= 11 is -0.0286. The molecule has 0 saturated carbocycles. The Morgan fingerprint density at radius 1 is 1.74 bits per heavy atom. The van der Waals surface area contributed by atoms with Gasteiger partial charge in [-0.1, -0.05) is 6.92 Å². The van der Waals surface area contributed by atoms with Gasteiger partial charge in [-0.25, -0.2) is 22.0 Å². The average Bonchev–Trinajstić information content (AvgIpc) is 2.88. The molecule has 0 aliphatic carbocycles. The number of primary sulfonamides is 1. The Labute approximate surface area is 152 Å². The third kappa shape index (κ3) is 3.92. The summed E-state index contributed by atoms with van der Waals surface area (Å²) in [4.78, 5) is 0. The summed E-state index contributed by atoms with van der Waals surface area (Å²) in [6.45, 7) is -8.45. The monoisotopic (exact) mass is 391 g/mol. The molecule has 1 aliphatic rings. The number of ether oxygens (including phenoxy) is 1. The van der Waals surface area contributed by atoms with Crippen LogP contribution in [-0.4, -0.2) is 54.3 Å².